The third kappa shape index (κ3) is 10.6. The quantitative estimate of drug-likeness (QED) is 0.289. The summed E-state index contributed by atoms with van der Waals surface area (Å²) in [5, 5.41) is 29.2. The Hall–Kier alpha value is -4.13. The molecule has 0 unspecified atom stereocenters. The van der Waals surface area contributed by atoms with Gasteiger partial charge >= 0.3 is 0 Å². The normalized spacial score (nSPS) is 9.66. The number of aromatic nitrogens is 3. The third-order valence-corrected chi connectivity index (χ3v) is 4.75. The van der Waals surface area contributed by atoms with Crippen LogP contribution in [-0.4, -0.2) is 39.3 Å². The molecule has 0 radical (unpaired) electrons. The van der Waals surface area contributed by atoms with Gasteiger partial charge in [-0.1, -0.05) is 86.8 Å². The van der Waals surface area contributed by atoms with Gasteiger partial charge in [0.1, 0.15) is 11.4 Å². The van der Waals surface area contributed by atoms with Gasteiger partial charge in [0.05, 0.1) is 19.9 Å². The van der Waals surface area contributed by atoms with E-state index in [1.165, 1.54) is 19.3 Å². The number of unbranched alkanes of at least 4 members (excludes halogenated alkanes) is 3. The Morgan fingerprint density at radius 2 is 1.40 bits per heavy atom. The van der Waals surface area contributed by atoms with Crippen LogP contribution in [0.2, 0.25) is 0 Å². The molecule has 4 aromatic rings. The predicted octanol–water partition coefficient (Wildman–Crippen LogP) is 6.29. The molecule has 0 aliphatic rings. The number of nitrogens with zero attached hydrogens (tertiary/aromatic N) is 3. The summed E-state index contributed by atoms with van der Waals surface area (Å²) >= 11 is 0. The van der Waals surface area contributed by atoms with Crippen molar-refractivity contribution in [3.63, 3.8) is 0 Å². The van der Waals surface area contributed by atoms with Crippen molar-refractivity contribution in [2.24, 2.45) is 0 Å². The highest BCUT2D eigenvalue weighted by molar-refractivity contribution is 5.64. The van der Waals surface area contributed by atoms with Gasteiger partial charge in [-0.15, -0.1) is 10.2 Å². The highest BCUT2D eigenvalue weighted by atomic mass is 16.5. The van der Waals surface area contributed by atoms with Crippen LogP contribution in [0.4, 0.5) is 0 Å². The Kier molecular flexibility index (Phi) is 12.8. The molecule has 0 fully saturated rings. The number of hydrogen-bond donors (Lipinski definition) is 2. The number of para-hydroxylation sites is 3. The first-order valence-corrected chi connectivity index (χ1v) is 11.6. The minimum Gasteiger partial charge on any atom is -0.508 e. The van der Waals surface area contributed by atoms with E-state index in [0.29, 0.717) is 29.5 Å². The van der Waals surface area contributed by atoms with E-state index >= 15 is 0 Å². The van der Waals surface area contributed by atoms with Crippen molar-refractivity contribution in [1.82, 2.24) is 15.4 Å². The van der Waals surface area contributed by atoms with Crippen LogP contribution >= 0.6 is 0 Å². The van der Waals surface area contributed by atoms with Crippen LogP contribution in [0.15, 0.2) is 91.1 Å². The molecule has 0 atom stereocenters. The van der Waals surface area contributed by atoms with E-state index in [0.717, 1.165) is 12.0 Å². The highest BCUT2D eigenvalue weighted by Gasteiger charge is 2.06. The molecule has 0 saturated carbocycles. The van der Waals surface area contributed by atoms with Gasteiger partial charge < -0.3 is 19.7 Å². The average Bonchev–Trinajstić information content (AvgIpc) is 2.91. The Morgan fingerprint density at radius 3 is 2.00 bits per heavy atom. The molecule has 7 heteroatoms. The fraction of sp³-hybridized carbons (Fsp3) is 0.250. The summed E-state index contributed by atoms with van der Waals surface area (Å²) in [5.41, 5.74) is 1.68. The minimum atomic E-state index is 0.225. The average molecular weight is 476 g/mol. The number of aromatic hydroxyl groups is 2. The van der Waals surface area contributed by atoms with Gasteiger partial charge in [0, 0.05) is 5.56 Å². The third-order valence-electron chi connectivity index (χ3n) is 4.75. The van der Waals surface area contributed by atoms with Gasteiger partial charge in [0.2, 0.25) is 0 Å². The lowest BCUT2D eigenvalue weighted by molar-refractivity contribution is 0.289. The van der Waals surface area contributed by atoms with Crippen LogP contribution in [-0.2, 0) is 0 Å². The Balaban J connectivity index is 0.000000196. The summed E-state index contributed by atoms with van der Waals surface area (Å²) in [7, 11) is 1.59. The lowest BCUT2D eigenvalue weighted by Gasteiger charge is -2.06. The standard InChI is InChI=1S/C12H18O2.C10H9N3O.C6H6O/c1-2-3-4-7-10-14-12-9-6-5-8-11(12)13;1-14-9-7-11-13-12-10(9)8-5-3-2-4-6-8;7-6-4-2-1-3-5-6/h5-6,8-9,13H,2-4,7,10H2,1H3;2-7H,1H3;1-5,7H. The zero-order valence-corrected chi connectivity index (χ0v) is 20.2. The molecule has 0 amide bonds. The lowest BCUT2D eigenvalue weighted by atomic mass is 10.1. The maximum absolute atomic E-state index is 9.39. The molecule has 4 rings (SSSR count). The SMILES string of the molecule is CCCCCCOc1ccccc1O.COc1cnnnc1-c1ccccc1.Oc1ccccc1. The molecule has 2 N–H and O–H groups in total. The second kappa shape index (κ2) is 16.5. The van der Waals surface area contributed by atoms with E-state index < -0.39 is 0 Å². The number of phenols is 2. The fourth-order valence-corrected chi connectivity index (χ4v) is 2.92. The van der Waals surface area contributed by atoms with Crippen molar-refractivity contribution >= 4 is 0 Å². The topological polar surface area (TPSA) is 97.6 Å². The van der Waals surface area contributed by atoms with Crippen molar-refractivity contribution in [2.75, 3.05) is 13.7 Å². The van der Waals surface area contributed by atoms with Gasteiger partial charge in [-0.05, 0) is 35.9 Å². The summed E-state index contributed by atoms with van der Waals surface area (Å²) in [5.74, 6) is 1.76. The molecule has 0 aliphatic heterocycles. The van der Waals surface area contributed by atoms with Gasteiger partial charge in [-0.3, -0.25) is 0 Å². The van der Waals surface area contributed by atoms with E-state index in [1.54, 1.807) is 55.8 Å². The Morgan fingerprint density at radius 1 is 0.743 bits per heavy atom. The number of phenolic OH excluding ortho intramolecular Hbond substituents is 2. The first kappa shape index (κ1) is 27.1. The molecule has 0 spiro atoms. The Labute approximate surface area is 207 Å². The summed E-state index contributed by atoms with van der Waals surface area (Å²) in [6, 6.07) is 25.5. The molecule has 1 heterocycles. The van der Waals surface area contributed by atoms with Crippen molar-refractivity contribution in [2.45, 2.75) is 32.6 Å². The number of rotatable bonds is 8. The van der Waals surface area contributed by atoms with Crippen LogP contribution in [0.3, 0.4) is 0 Å². The van der Waals surface area contributed by atoms with Crippen LogP contribution < -0.4 is 9.47 Å². The number of hydrogen-bond acceptors (Lipinski definition) is 7. The Bertz CT molecular complexity index is 1080. The summed E-state index contributed by atoms with van der Waals surface area (Å²) in [6.07, 6.45) is 6.29. The molecule has 0 saturated heterocycles. The van der Waals surface area contributed by atoms with E-state index in [4.69, 9.17) is 14.6 Å². The van der Waals surface area contributed by atoms with Crippen molar-refractivity contribution < 1.29 is 19.7 Å². The smallest absolute Gasteiger partial charge is 0.167 e. The molecular formula is C28H33N3O4. The lowest BCUT2D eigenvalue weighted by Crippen LogP contribution is -1.97. The zero-order valence-electron chi connectivity index (χ0n) is 20.2. The molecule has 1 aromatic heterocycles. The van der Waals surface area contributed by atoms with Gasteiger partial charge in [-0.25, -0.2) is 0 Å². The maximum atomic E-state index is 9.39. The van der Waals surface area contributed by atoms with E-state index in [9.17, 15) is 5.11 Å². The van der Waals surface area contributed by atoms with Crippen LogP contribution in [0.25, 0.3) is 11.3 Å². The van der Waals surface area contributed by atoms with Crippen LogP contribution in [0.5, 0.6) is 23.0 Å². The van der Waals surface area contributed by atoms with Crippen LogP contribution in [0.1, 0.15) is 32.6 Å². The highest BCUT2D eigenvalue weighted by Crippen LogP contribution is 2.25. The molecule has 35 heavy (non-hydrogen) atoms. The predicted molar refractivity (Wildman–Crippen MR) is 138 cm³/mol. The summed E-state index contributed by atoms with van der Waals surface area (Å²) in [4.78, 5) is 0. The molecule has 0 bridgehead atoms. The first-order chi connectivity index (χ1) is 17.2. The largest absolute Gasteiger partial charge is 0.508 e. The van der Waals surface area contributed by atoms with Crippen molar-refractivity contribution in [1.29, 1.82) is 0 Å². The van der Waals surface area contributed by atoms with Crippen molar-refractivity contribution in [3.8, 4) is 34.3 Å². The van der Waals surface area contributed by atoms with E-state index in [2.05, 4.69) is 22.3 Å². The van der Waals surface area contributed by atoms with Crippen molar-refractivity contribution in [3.05, 3.63) is 91.1 Å². The molecule has 3 aromatic carbocycles. The fourth-order valence-electron chi connectivity index (χ4n) is 2.92. The number of benzene rings is 3. The first-order valence-electron chi connectivity index (χ1n) is 11.6. The van der Waals surface area contributed by atoms with Gasteiger partial charge in [0.15, 0.2) is 17.2 Å². The van der Waals surface area contributed by atoms with E-state index in [1.807, 2.05) is 42.5 Å². The molecule has 184 valence electrons. The van der Waals surface area contributed by atoms with E-state index in [-0.39, 0.29) is 5.75 Å². The van der Waals surface area contributed by atoms with Crippen LogP contribution in [0, 0.1) is 0 Å². The maximum Gasteiger partial charge on any atom is 0.167 e. The zero-order chi connectivity index (χ0) is 25.1. The second-order valence-corrected chi connectivity index (χ2v) is 7.43. The minimum absolute atomic E-state index is 0.225. The number of methoxy groups -OCH3 is 1. The summed E-state index contributed by atoms with van der Waals surface area (Å²) < 4.78 is 10.6. The molecule has 7 nitrogen and oxygen atoms in total. The second-order valence-electron chi connectivity index (χ2n) is 7.43. The van der Waals surface area contributed by atoms with Gasteiger partial charge in [-0.2, -0.15) is 0 Å². The van der Waals surface area contributed by atoms with Gasteiger partial charge in [0.25, 0.3) is 0 Å². The number of ether oxygens (including phenoxy) is 2. The molecule has 0 aliphatic carbocycles. The molecular weight excluding hydrogens is 442 g/mol. The monoisotopic (exact) mass is 475 g/mol. The summed E-state index contributed by atoms with van der Waals surface area (Å²) in [6.45, 7) is 2.88.